The molecule has 1 aromatic heterocycles. The molecule has 216 valence electrons. The Morgan fingerprint density at radius 3 is 2.71 bits per heavy atom. The largest absolute Gasteiger partial charge is 0.487 e. The number of rotatable bonds is 9. The molecule has 0 spiro atoms. The summed E-state index contributed by atoms with van der Waals surface area (Å²) in [6, 6.07) is 6.90. The van der Waals surface area contributed by atoms with Crippen LogP contribution < -0.4 is 15.5 Å². The van der Waals surface area contributed by atoms with Gasteiger partial charge < -0.3 is 24.5 Å². The molecule has 7 nitrogen and oxygen atoms in total. The Labute approximate surface area is 243 Å². The number of amides is 1. The van der Waals surface area contributed by atoms with Crippen LogP contribution >= 0.6 is 0 Å². The van der Waals surface area contributed by atoms with Gasteiger partial charge in [-0.2, -0.15) is 0 Å². The quantitative estimate of drug-likeness (QED) is 0.343. The van der Waals surface area contributed by atoms with Gasteiger partial charge >= 0.3 is 0 Å². The second-order valence-electron chi connectivity index (χ2n) is 12.6. The molecule has 0 bridgehead atoms. The van der Waals surface area contributed by atoms with Gasteiger partial charge in [-0.25, -0.2) is 5.43 Å². The number of benzene rings is 2. The van der Waals surface area contributed by atoms with Crippen LogP contribution in [0.1, 0.15) is 80.4 Å². The van der Waals surface area contributed by atoms with E-state index < -0.39 is 0 Å². The van der Waals surface area contributed by atoms with E-state index in [1.54, 1.807) is 5.57 Å². The number of likely N-dealkylation sites (N-methyl/N-ethyl adjacent to an activating group) is 1. The number of nitrogens with zero attached hydrogens (tertiary/aromatic N) is 3. The highest BCUT2D eigenvalue weighted by atomic mass is 16.5. The standard InChI is InChI=1S/C34H43N5O2/c1-6-14-38(7-2)29(21-8-9-21)19-41-22-10-13-28-24(15-22)31-25-16-35-34(40)32(25)30-23(33(31)39(28)17-20(3)4)11-12-27-26(30)18-37(5)36-27/h10,13,15,18,20,27,36H,6-9,11-12,14,16-17,19H2,1-5H3,(H,35,40). The molecule has 1 atom stereocenters. The fourth-order valence-corrected chi connectivity index (χ4v) is 7.46. The van der Waals surface area contributed by atoms with Crippen molar-refractivity contribution in [2.75, 3.05) is 26.7 Å². The zero-order valence-corrected chi connectivity index (χ0v) is 25.2. The lowest BCUT2D eigenvalue weighted by Gasteiger charge is -2.27. The summed E-state index contributed by atoms with van der Waals surface area (Å²) < 4.78 is 9.09. The van der Waals surface area contributed by atoms with Crippen molar-refractivity contribution < 1.29 is 9.53 Å². The van der Waals surface area contributed by atoms with Crippen LogP contribution in [0.25, 0.3) is 27.4 Å². The summed E-state index contributed by atoms with van der Waals surface area (Å²) in [5.41, 5.74) is 14.8. The number of nitrogens with one attached hydrogen (secondary N) is 2. The highest BCUT2D eigenvalue weighted by Crippen LogP contribution is 2.47. The highest BCUT2D eigenvalue weighted by molar-refractivity contribution is 6.18. The Bertz CT molecular complexity index is 1620. The number of ether oxygens (including phenoxy) is 1. The number of carbonyl (C=O) groups is 1. The summed E-state index contributed by atoms with van der Waals surface area (Å²) >= 11 is 0. The fourth-order valence-electron chi connectivity index (χ4n) is 7.46. The topological polar surface area (TPSA) is 61.8 Å². The predicted octanol–water partition coefficient (Wildman–Crippen LogP) is 5.96. The van der Waals surface area contributed by atoms with E-state index in [0.29, 0.717) is 19.1 Å². The minimum Gasteiger partial charge on any atom is -0.487 e. The van der Waals surface area contributed by atoms with E-state index in [-0.39, 0.29) is 11.9 Å². The number of hydrazine groups is 1. The molecule has 0 saturated heterocycles. The van der Waals surface area contributed by atoms with Crippen LogP contribution in [0.3, 0.4) is 0 Å². The van der Waals surface area contributed by atoms with Gasteiger partial charge in [-0.1, -0.05) is 20.8 Å². The Hall–Kier alpha value is -3.45. The van der Waals surface area contributed by atoms with Crippen molar-refractivity contribution in [3.8, 4) is 5.75 Å². The van der Waals surface area contributed by atoms with Crippen LogP contribution in [0.2, 0.25) is 0 Å². The van der Waals surface area contributed by atoms with E-state index in [9.17, 15) is 4.79 Å². The van der Waals surface area contributed by atoms with Crippen LogP contribution in [-0.4, -0.2) is 53.2 Å². The lowest BCUT2D eigenvalue weighted by Crippen LogP contribution is -2.35. The average molecular weight is 554 g/mol. The second kappa shape index (κ2) is 10.1. The smallest absolute Gasteiger partial charge is 0.252 e. The first-order valence-corrected chi connectivity index (χ1v) is 15.6. The van der Waals surface area contributed by atoms with Crippen molar-refractivity contribution in [1.82, 2.24) is 25.2 Å². The molecule has 7 rings (SSSR count). The maximum absolute atomic E-state index is 13.4. The first-order valence-electron chi connectivity index (χ1n) is 15.6. The average Bonchev–Trinajstić information content (AvgIpc) is 3.50. The summed E-state index contributed by atoms with van der Waals surface area (Å²) in [7, 11) is 2.05. The Balaban J connectivity index is 1.40. The van der Waals surface area contributed by atoms with Gasteiger partial charge in [0, 0.05) is 55.7 Å². The van der Waals surface area contributed by atoms with Crippen LogP contribution in [0.15, 0.2) is 35.7 Å². The molecule has 7 heteroatoms. The molecule has 2 N–H and O–H groups in total. The minimum atomic E-state index is 0.0581. The van der Waals surface area contributed by atoms with Gasteiger partial charge in [0.15, 0.2) is 0 Å². The summed E-state index contributed by atoms with van der Waals surface area (Å²) in [4.78, 5) is 15.9. The second-order valence-corrected chi connectivity index (χ2v) is 12.6. The SMILES string of the molecule is CCCN(CC)C(COc1ccc2c(c1)c1c3c(c4c(c1n2CC(C)C)CCC1NN(C)C=C41)C(=O)NC3)=C1CC1. The number of aryl methyl sites for hydroxylation is 1. The van der Waals surface area contributed by atoms with Crippen LogP contribution in [0.5, 0.6) is 5.75 Å². The molecule has 1 amide bonds. The van der Waals surface area contributed by atoms with E-state index in [0.717, 1.165) is 61.3 Å². The van der Waals surface area contributed by atoms with E-state index in [4.69, 9.17) is 4.74 Å². The lowest BCUT2D eigenvalue weighted by molar-refractivity contribution is 0.0965. The Morgan fingerprint density at radius 2 is 1.98 bits per heavy atom. The number of fused-ring (bicyclic) bond motifs is 10. The predicted molar refractivity (Wildman–Crippen MR) is 166 cm³/mol. The maximum Gasteiger partial charge on any atom is 0.252 e. The summed E-state index contributed by atoms with van der Waals surface area (Å²) in [5.74, 6) is 1.46. The van der Waals surface area contributed by atoms with Crippen molar-refractivity contribution in [2.45, 2.75) is 78.9 Å². The van der Waals surface area contributed by atoms with Crippen LogP contribution in [0.4, 0.5) is 0 Å². The van der Waals surface area contributed by atoms with Gasteiger partial charge in [0.25, 0.3) is 5.91 Å². The Morgan fingerprint density at radius 1 is 1.15 bits per heavy atom. The number of hydrogen-bond donors (Lipinski definition) is 2. The third kappa shape index (κ3) is 4.32. The molecular weight excluding hydrogens is 510 g/mol. The van der Waals surface area contributed by atoms with Crippen molar-refractivity contribution >= 4 is 33.3 Å². The minimum absolute atomic E-state index is 0.0581. The first kappa shape index (κ1) is 26.4. The zero-order valence-electron chi connectivity index (χ0n) is 25.2. The van der Waals surface area contributed by atoms with E-state index >= 15 is 0 Å². The first-order chi connectivity index (χ1) is 19.9. The van der Waals surface area contributed by atoms with Crippen molar-refractivity contribution in [1.29, 1.82) is 0 Å². The maximum atomic E-state index is 13.4. The summed E-state index contributed by atoms with van der Waals surface area (Å²) in [5, 5.41) is 7.68. The van der Waals surface area contributed by atoms with E-state index in [2.05, 4.69) is 77.3 Å². The summed E-state index contributed by atoms with van der Waals surface area (Å²) in [6.07, 6.45) is 7.70. The van der Waals surface area contributed by atoms with Gasteiger partial charge in [0.05, 0.1) is 22.8 Å². The molecule has 3 heterocycles. The molecule has 0 radical (unpaired) electrons. The zero-order chi connectivity index (χ0) is 28.4. The van der Waals surface area contributed by atoms with Crippen molar-refractivity contribution in [3.05, 3.63) is 57.9 Å². The van der Waals surface area contributed by atoms with Crippen LogP contribution in [-0.2, 0) is 19.5 Å². The van der Waals surface area contributed by atoms with Crippen molar-refractivity contribution in [3.63, 3.8) is 0 Å². The molecule has 1 unspecified atom stereocenters. The highest BCUT2D eigenvalue weighted by Gasteiger charge is 2.39. The fraction of sp³-hybridized carbons (Fsp3) is 0.500. The summed E-state index contributed by atoms with van der Waals surface area (Å²) in [6.45, 7) is 13.3. The van der Waals surface area contributed by atoms with E-state index in [1.165, 1.54) is 51.5 Å². The molecule has 1 fully saturated rings. The molecule has 1 saturated carbocycles. The van der Waals surface area contributed by atoms with Gasteiger partial charge in [0.2, 0.25) is 0 Å². The number of carbonyl (C=O) groups excluding carboxylic acids is 1. The molecule has 3 aromatic rings. The number of aromatic nitrogens is 1. The molecular formula is C34H43N5O2. The molecule has 2 aliphatic heterocycles. The number of allylic oxidation sites excluding steroid dienone is 1. The molecule has 2 aromatic carbocycles. The normalized spacial score (nSPS) is 19.0. The molecule has 41 heavy (non-hydrogen) atoms. The monoisotopic (exact) mass is 553 g/mol. The van der Waals surface area contributed by atoms with Crippen molar-refractivity contribution in [2.24, 2.45) is 5.92 Å². The molecule has 2 aliphatic carbocycles. The van der Waals surface area contributed by atoms with E-state index in [1.807, 2.05) is 7.05 Å². The van der Waals surface area contributed by atoms with Gasteiger partial charge in [0.1, 0.15) is 12.4 Å². The molecule has 4 aliphatic rings. The van der Waals surface area contributed by atoms with Gasteiger partial charge in [-0.05, 0) is 91.0 Å². The third-order valence-electron chi connectivity index (χ3n) is 9.26. The number of hydrogen-bond acceptors (Lipinski definition) is 5. The lowest BCUT2D eigenvalue weighted by atomic mass is 9.79. The Kier molecular flexibility index (Phi) is 6.53. The third-order valence-corrected chi connectivity index (χ3v) is 9.26. The van der Waals surface area contributed by atoms with Gasteiger partial charge in [-0.15, -0.1) is 0 Å². The van der Waals surface area contributed by atoms with Gasteiger partial charge in [-0.3, -0.25) is 4.79 Å². The van der Waals surface area contributed by atoms with Crippen LogP contribution in [0, 0.1) is 5.92 Å².